The fourth-order valence-electron chi connectivity index (χ4n) is 1.61. The molecular formula is C10H22N2. The molecule has 1 aliphatic carbocycles. The van der Waals surface area contributed by atoms with Gasteiger partial charge >= 0.3 is 0 Å². The molecule has 0 spiro atoms. The van der Waals surface area contributed by atoms with E-state index in [1.807, 2.05) is 0 Å². The van der Waals surface area contributed by atoms with E-state index in [-0.39, 0.29) is 0 Å². The topological polar surface area (TPSA) is 38.0 Å². The summed E-state index contributed by atoms with van der Waals surface area (Å²) in [6, 6.07) is 0.525. The predicted molar refractivity (Wildman–Crippen MR) is 52.5 cm³/mol. The maximum atomic E-state index is 5.54. The van der Waals surface area contributed by atoms with Crippen LogP contribution in [0.5, 0.6) is 0 Å². The van der Waals surface area contributed by atoms with Gasteiger partial charge in [0, 0.05) is 6.04 Å². The Kier molecular flexibility index (Phi) is 3.53. The summed E-state index contributed by atoms with van der Waals surface area (Å²) < 4.78 is 0. The molecule has 12 heavy (non-hydrogen) atoms. The molecule has 3 N–H and O–H groups in total. The van der Waals surface area contributed by atoms with E-state index in [4.69, 9.17) is 5.84 Å². The number of hydrazine groups is 1. The third-order valence-electron chi connectivity index (χ3n) is 3.18. The average molecular weight is 170 g/mol. The molecule has 1 saturated carbocycles. The van der Waals surface area contributed by atoms with E-state index in [0.29, 0.717) is 12.0 Å². The van der Waals surface area contributed by atoms with Gasteiger partial charge in [-0.15, -0.1) is 0 Å². The van der Waals surface area contributed by atoms with Gasteiger partial charge in [-0.05, 0) is 24.2 Å². The van der Waals surface area contributed by atoms with Gasteiger partial charge in [0.15, 0.2) is 0 Å². The van der Waals surface area contributed by atoms with Gasteiger partial charge in [-0.25, -0.2) is 0 Å². The lowest BCUT2D eigenvalue weighted by molar-refractivity contribution is 0.279. The molecule has 1 rings (SSSR count). The van der Waals surface area contributed by atoms with Crippen LogP contribution in [0.25, 0.3) is 0 Å². The van der Waals surface area contributed by atoms with Crippen molar-refractivity contribution >= 4 is 0 Å². The zero-order valence-electron chi connectivity index (χ0n) is 8.51. The quantitative estimate of drug-likeness (QED) is 0.488. The molecule has 0 saturated heterocycles. The molecule has 0 heterocycles. The fraction of sp³-hybridized carbons (Fsp3) is 1.00. The van der Waals surface area contributed by atoms with E-state index < -0.39 is 0 Å². The first-order chi connectivity index (χ1) is 5.65. The highest BCUT2D eigenvalue weighted by Gasteiger charge is 2.28. The zero-order valence-corrected chi connectivity index (χ0v) is 8.51. The summed E-state index contributed by atoms with van der Waals surface area (Å²) in [5.41, 5.74) is 2.95. The number of rotatable bonds is 5. The summed E-state index contributed by atoms with van der Waals surface area (Å²) in [6.45, 7) is 6.82. The molecule has 0 aromatic heterocycles. The van der Waals surface area contributed by atoms with Gasteiger partial charge in [0.1, 0.15) is 0 Å². The van der Waals surface area contributed by atoms with Crippen molar-refractivity contribution in [3.05, 3.63) is 0 Å². The molecule has 0 aromatic carbocycles. The second-order valence-electron chi connectivity index (χ2n) is 4.56. The largest absolute Gasteiger partial charge is 0.271 e. The second kappa shape index (κ2) is 4.24. The first-order valence-electron chi connectivity index (χ1n) is 5.11. The van der Waals surface area contributed by atoms with E-state index in [1.54, 1.807) is 0 Å². The van der Waals surface area contributed by atoms with Gasteiger partial charge in [-0.3, -0.25) is 11.3 Å². The van der Waals surface area contributed by atoms with Crippen molar-refractivity contribution in [1.29, 1.82) is 0 Å². The van der Waals surface area contributed by atoms with E-state index in [1.165, 1.54) is 19.3 Å². The molecule has 72 valence electrons. The molecule has 2 atom stereocenters. The molecule has 2 heteroatoms. The Balaban J connectivity index is 2.31. The molecule has 0 bridgehead atoms. The van der Waals surface area contributed by atoms with Crippen LogP contribution in [0.4, 0.5) is 0 Å². The molecule has 0 aliphatic heterocycles. The minimum absolute atomic E-state index is 0.525. The van der Waals surface area contributed by atoms with Crippen molar-refractivity contribution < 1.29 is 0 Å². The van der Waals surface area contributed by atoms with Gasteiger partial charge in [-0.2, -0.15) is 0 Å². The Morgan fingerprint density at radius 2 is 1.92 bits per heavy atom. The number of nitrogens with two attached hydrogens (primary N) is 1. The van der Waals surface area contributed by atoms with Gasteiger partial charge < -0.3 is 0 Å². The summed E-state index contributed by atoms with van der Waals surface area (Å²) in [5, 5.41) is 0. The van der Waals surface area contributed by atoms with Crippen molar-refractivity contribution in [1.82, 2.24) is 5.43 Å². The van der Waals surface area contributed by atoms with E-state index in [0.717, 1.165) is 11.8 Å². The highest BCUT2D eigenvalue weighted by molar-refractivity contribution is 4.82. The molecule has 0 amide bonds. The molecule has 1 aliphatic rings. The van der Waals surface area contributed by atoms with Crippen LogP contribution in [-0.2, 0) is 0 Å². The Bertz CT molecular complexity index is 130. The highest BCUT2D eigenvalue weighted by Crippen LogP contribution is 2.35. The van der Waals surface area contributed by atoms with Gasteiger partial charge in [0.25, 0.3) is 0 Å². The van der Waals surface area contributed by atoms with Gasteiger partial charge in [-0.1, -0.05) is 33.6 Å². The van der Waals surface area contributed by atoms with Crippen molar-refractivity contribution in [3.63, 3.8) is 0 Å². The standard InChI is InChI=1S/C10H22N2/c1-7(2)8(3)10(12-11)6-9-4-5-9/h7-10,12H,4-6,11H2,1-3H3. The smallest absolute Gasteiger partial charge is 0.0241 e. The normalized spacial score (nSPS) is 22.8. The zero-order chi connectivity index (χ0) is 9.14. The van der Waals surface area contributed by atoms with E-state index in [9.17, 15) is 0 Å². The minimum atomic E-state index is 0.525. The van der Waals surface area contributed by atoms with Crippen LogP contribution in [0.3, 0.4) is 0 Å². The highest BCUT2D eigenvalue weighted by atomic mass is 15.2. The lowest BCUT2D eigenvalue weighted by atomic mass is 9.88. The van der Waals surface area contributed by atoms with Crippen LogP contribution in [0, 0.1) is 17.8 Å². The Hall–Kier alpha value is -0.0800. The predicted octanol–water partition coefficient (Wildman–Crippen LogP) is 1.91. The minimum Gasteiger partial charge on any atom is -0.271 e. The van der Waals surface area contributed by atoms with Crippen molar-refractivity contribution in [2.24, 2.45) is 23.6 Å². The van der Waals surface area contributed by atoms with Crippen molar-refractivity contribution in [3.8, 4) is 0 Å². The van der Waals surface area contributed by atoms with Crippen LogP contribution < -0.4 is 11.3 Å². The van der Waals surface area contributed by atoms with Crippen LogP contribution in [0.15, 0.2) is 0 Å². The first kappa shape index (κ1) is 10.0. The van der Waals surface area contributed by atoms with Crippen LogP contribution in [-0.4, -0.2) is 6.04 Å². The summed E-state index contributed by atoms with van der Waals surface area (Å²) in [4.78, 5) is 0. The van der Waals surface area contributed by atoms with E-state index >= 15 is 0 Å². The summed E-state index contributed by atoms with van der Waals surface area (Å²) >= 11 is 0. The summed E-state index contributed by atoms with van der Waals surface area (Å²) in [6.07, 6.45) is 4.11. The van der Waals surface area contributed by atoms with Crippen molar-refractivity contribution in [2.75, 3.05) is 0 Å². The maximum Gasteiger partial charge on any atom is 0.0241 e. The average Bonchev–Trinajstić information content (AvgIpc) is 2.82. The third-order valence-corrected chi connectivity index (χ3v) is 3.18. The lowest BCUT2D eigenvalue weighted by Gasteiger charge is -2.26. The molecular weight excluding hydrogens is 148 g/mol. The summed E-state index contributed by atoms with van der Waals surface area (Å²) in [5.74, 6) is 7.92. The fourth-order valence-corrected chi connectivity index (χ4v) is 1.61. The summed E-state index contributed by atoms with van der Waals surface area (Å²) in [7, 11) is 0. The number of hydrogen-bond acceptors (Lipinski definition) is 2. The van der Waals surface area contributed by atoms with Gasteiger partial charge in [0.2, 0.25) is 0 Å². The number of nitrogens with one attached hydrogen (secondary N) is 1. The second-order valence-corrected chi connectivity index (χ2v) is 4.56. The monoisotopic (exact) mass is 170 g/mol. The third kappa shape index (κ3) is 2.76. The van der Waals surface area contributed by atoms with Gasteiger partial charge in [0.05, 0.1) is 0 Å². The molecule has 2 nitrogen and oxygen atoms in total. The lowest BCUT2D eigenvalue weighted by Crippen LogP contribution is -2.42. The molecule has 0 radical (unpaired) electrons. The first-order valence-corrected chi connectivity index (χ1v) is 5.11. The Morgan fingerprint density at radius 3 is 2.25 bits per heavy atom. The molecule has 2 unspecified atom stereocenters. The van der Waals surface area contributed by atoms with Crippen LogP contribution >= 0.6 is 0 Å². The Morgan fingerprint density at radius 1 is 1.33 bits per heavy atom. The molecule has 0 aromatic rings. The van der Waals surface area contributed by atoms with Crippen molar-refractivity contribution in [2.45, 2.75) is 46.1 Å². The van der Waals surface area contributed by atoms with Crippen LogP contribution in [0.1, 0.15) is 40.0 Å². The molecule has 1 fully saturated rings. The maximum absolute atomic E-state index is 5.54. The number of hydrogen-bond donors (Lipinski definition) is 2. The SMILES string of the molecule is CC(C)C(C)C(CC1CC1)NN. The van der Waals surface area contributed by atoms with E-state index in [2.05, 4.69) is 26.2 Å². The van der Waals surface area contributed by atoms with Crippen LogP contribution in [0.2, 0.25) is 0 Å². The Labute approximate surface area is 75.9 Å².